The Kier molecular flexibility index (Phi) is 4.26. The summed E-state index contributed by atoms with van der Waals surface area (Å²) in [5.41, 5.74) is 1.51. The summed E-state index contributed by atoms with van der Waals surface area (Å²) in [5, 5.41) is 3.86. The summed E-state index contributed by atoms with van der Waals surface area (Å²) in [6.07, 6.45) is 5.52. The van der Waals surface area contributed by atoms with E-state index in [9.17, 15) is 0 Å². The van der Waals surface area contributed by atoms with Crippen molar-refractivity contribution in [2.75, 3.05) is 0 Å². The van der Waals surface area contributed by atoms with E-state index in [4.69, 9.17) is 0 Å². The highest BCUT2D eigenvalue weighted by atomic mass is 32.1. The van der Waals surface area contributed by atoms with Crippen molar-refractivity contribution in [2.24, 2.45) is 5.92 Å². The first-order valence-corrected chi connectivity index (χ1v) is 7.76. The Hall–Kier alpha value is -0.340. The monoisotopic (exact) mass is 251 g/mol. The van der Waals surface area contributed by atoms with Crippen LogP contribution >= 0.6 is 11.3 Å². The predicted molar refractivity (Wildman–Crippen MR) is 76.8 cm³/mol. The molecule has 0 spiro atoms. The third-order valence-corrected chi connectivity index (χ3v) is 5.18. The quantitative estimate of drug-likeness (QED) is 0.825. The molecule has 1 saturated carbocycles. The summed E-state index contributed by atoms with van der Waals surface area (Å²) in [7, 11) is 0. The van der Waals surface area contributed by atoms with E-state index >= 15 is 0 Å². The standard InChI is InChI=1S/C15H25NS/c1-5-13-7-6-8-15(13)16-11(3)14-9-10(2)17-12(14)4/h9,11,13,15-16H,5-8H2,1-4H3. The number of rotatable bonds is 4. The molecule has 1 aromatic rings. The zero-order valence-electron chi connectivity index (χ0n) is 11.5. The van der Waals surface area contributed by atoms with Crippen molar-refractivity contribution in [1.82, 2.24) is 5.32 Å². The molecule has 1 N–H and O–H groups in total. The molecule has 1 nitrogen and oxygen atoms in total. The maximum Gasteiger partial charge on any atom is 0.0305 e. The Bertz CT molecular complexity index is 369. The molecule has 96 valence electrons. The molecular weight excluding hydrogens is 226 g/mol. The first-order chi connectivity index (χ1) is 8.11. The molecule has 0 aliphatic heterocycles. The second-order valence-corrected chi connectivity index (χ2v) is 6.92. The Balaban J connectivity index is 2.01. The molecule has 0 bridgehead atoms. The number of hydrogen-bond donors (Lipinski definition) is 1. The van der Waals surface area contributed by atoms with Gasteiger partial charge < -0.3 is 5.32 Å². The van der Waals surface area contributed by atoms with Gasteiger partial charge in [-0.15, -0.1) is 11.3 Å². The van der Waals surface area contributed by atoms with E-state index in [-0.39, 0.29) is 0 Å². The molecule has 1 fully saturated rings. The first-order valence-electron chi connectivity index (χ1n) is 6.94. The van der Waals surface area contributed by atoms with Crippen molar-refractivity contribution in [1.29, 1.82) is 0 Å². The SMILES string of the molecule is CCC1CCCC1NC(C)c1cc(C)sc1C. The lowest BCUT2D eigenvalue weighted by atomic mass is 9.99. The van der Waals surface area contributed by atoms with Crippen LogP contribution < -0.4 is 5.32 Å². The molecule has 0 radical (unpaired) electrons. The highest BCUT2D eigenvalue weighted by Crippen LogP contribution is 2.32. The fraction of sp³-hybridized carbons (Fsp3) is 0.733. The summed E-state index contributed by atoms with van der Waals surface area (Å²) in [4.78, 5) is 2.91. The lowest BCUT2D eigenvalue weighted by Crippen LogP contribution is -2.34. The van der Waals surface area contributed by atoms with Crippen LogP contribution in [0.2, 0.25) is 0 Å². The molecule has 3 atom stereocenters. The van der Waals surface area contributed by atoms with Crippen molar-refractivity contribution in [2.45, 2.75) is 65.5 Å². The van der Waals surface area contributed by atoms with Crippen LogP contribution in [0.3, 0.4) is 0 Å². The Labute approximate surface area is 110 Å². The van der Waals surface area contributed by atoms with Crippen molar-refractivity contribution < 1.29 is 0 Å². The molecule has 2 heteroatoms. The van der Waals surface area contributed by atoms with Gasteiger partial charge in [-0.1, -0.05) is 19.8 Å². The number of nitrogens with one attached hydrogen (secondary N) is 1. The largest absolute Gasteiger partial charge is 0.307 e. The van der Waals surface area contributed by atoms with Gasteiger partial charge in [-0.3, -0.25) is 0 Å². The van der Waals surface area contributed by atoms with Crippen LogP contribution in [0.1, 0.15) is 60.9 Å². The van der Waals surface area contributed by atoms with Crippen LogP contribution in [0.4, 0.5) is 0 Å². The second kappa shape index (κ2) is 5.53. The lowest BCUT2D eigenvalue weighted by molar-refractivity contribution is 0.360. The van der Waals surface area contributed by atoms with Crippen LogP contribution in [0, 0.1) is 19.8 Å². The summed E-state index contributed by atoms with van der Waals surface area (Å²) in [5.74, 6) is 0.900. The Morgan fingerprint density at radius 2 is 2.18 bits per heavy atom. The molecule has 0 aromatic carbocycles. The third kappa shape index (κ3) is 2.92. The van der Waals surface area contributed by atoms with E-state index in [0.29, 0.717) is 6.04 Å². The van der Waals surface area contributed by atoms with Crippen LogP contribution in [-0.2, 0) is 0 Å². The van der Waals surface area contributed by atoms with Crippen molar-refractivity contribution in [3.63, 3.8) is 0 Å². The van der Waals surface area contributed by atoms with Gasteiger partial charge in [0.15, 0.2) is 0 Å². The predicted octanol–water partition coefficient (Wildman–Crippen LogP) is 4.59. The normalized spacial score (nSPS) is 26.4. The average Bonchev–Trinajstić information content (AvgIpc) is 2.84. The lowest BCUT2D eigenvalue weighted by Gasteiger charge is -2.24. The molecule has 1 aromatic heterocycles. The minimum Gasteiger partial charge on any atom is -0.307 e. The van der Waals surface area contributed by atoms with Crippen molar-refractivity contribution in [3.05, 3.63) is 21.4 Å². The third-order valence-electron chi connectivity index (χ3n) is 4.19. The summed E-state index contributed by atoms with van der Waals surface area (Å²) in [6.45, 7) is 9.10. The van der Waals surface area contributed by atoms with Gasteiger partial charge >= 0.3 is 0 Å². The first kappa shape index (κ1) is 13.1. The number of thiophene rings is 1. The fourth-order valence-corrected chi connectivity index (χ4v) is 4.26. The Morgan fingerprint density at radius 3 is 2.76 bits per heavy atom. The summed E-state index contributed by atoms with van der Waals surface area (Å²) < 4.78 is 0. The molecule has 1 heterocycles. The molecule has 2 rings (SSSR count). The highest BCUT2D eigenvalue weighted by Gasteiger charge is 2.27. The molecular formula is C15H25NS. The molecule has 0 amide bonds. The molecule has 1 aliphatic rings. The minimum absolute atomic E-state index is 0.511. The fourth-order valence-electron chi connectivity index (χ4n) is 3.24. The summed E-state index contributed by atoms with van der Waals surface area (Å²) >= 11 is 1.92. The van der Waals surface area contributed by atoms with Gasteiger partial charge in [-0.2, -0.15) is 0 Å². The van der Waals surface area contributed by atoms with Crippen molar-refractivity contribution in [3.8, 4) is 0 Å². The molecule has 1 aliphatic carbocycles. The number of aryl methyl sites for hydroxylation is 2. The van der Waals surface area contributed by atoms with Gasteiger partial charge in [0.1, 0.15) is 0 Å². The van der Waals surface area contributed by atoms with E-state index < -0.39 is 0 Å². The topological polar surface area (TPSA) is 12.0 Å². The zero-order chi connectivity index (χ0) is 12.4. The van der Waals surface area contributed by atoms with E-state index in [2.05, 4.69) is 39.1 Å². The number of hydrogen-bond acceptors (Lipinski definition) is 2. The minimum atomic E-state index is 0.511. The van der Waals surface area contributed by atoms with Crippen LogP contribution in [-0.4, -0.2) is 6.04 Å². The Morgan fingerprint density at radius 1 is 1.41 bits per heavy atom. The maximum atomic E-state index is 3.86. The molecule has 3 unspecified atom stereocenters. The molecule has 17 heavy (non-hydrogen) atoms. The van der Waals surface area contributed by atoms with Crippen LogP contribution in [0.15, 0.2) is 6.07 Å². The van der Waals surface area contributed by atoms with Gasteiger partial charge in [0.05, 0.1) is 0 Å². The van der Waals surface area contributed by atoms with E-state index in [1.807, 2.05) is 11.3 Å². The van der Waals surface area contributed by atoms with Crippen LogP contribution in [0.5, 0.6) is 0 Å². The summed E-state index contributed by atoms with van der Waals surface area (Å²) in [6, 6.07) is 3.61. The second-order valence-electron chi connectivity index (χ2n) is 5.46. The highest BCUT2D eigenvalue weighted by molar-refractivity contribution is 7.12. The zero-order valence-corrected chi connectivity index (χ0v) is 12.4. The van der Waals surface area contributed by atoms with E-state index in [1.54, 1.807) is 0 Å². The smallest absolute Gasteiger partial charge is 0.0305 e. The van der Waals surface area contributed by atoms with E-state index in [1.165, 1.54) is 41.0 Å². The van der Waals surface area contributed by atoms with Crippen molar-refractivity contribution >= 4 is 11.3 Å². The van der Waals surface area contributed by atoms with Gasteiger partial charge in [-0.25, -0.2) is 0 Å². The molecule has 0 saturated heterocycles. The van der Waals surface area contributed by atoms with Crippen LogP contribution in [0.25, 0.3) is 0 Å². The van der Waals surface area contributed by atoms with Gasteiger partial charge in [0.25, 0.3) is 0 Å². The van der Waals surface area contributed by atoms with E-state index in [0.717, 1.165) is 12.0 Å². The average molecular weight is 251 g/mol. The van der Waals surface area contributed by atoms with Gasteiger partial charge in [0.2, 0.25) is 0 Å². The van der Waals surface area contributed by atoms with Gasteiger partial charge in [-0.05, 0) is 51.2 Å². The van der Waals surface area contributed by atoms with Gasteiger partial charge in [0, 0.05) is 21.8 Å². The maximum absolute atomic E-state index is 3.86.